The molecule has 4 aromatic carbocycles. The molecule has 4 rings (SSSR count). The molecule has 0 saturated carbocycles. The maximum atomic E-state index is 13.3. The van der Waals surface area contributed by atoms with Gasteiger partial charge in [-0.3, -0.25) is 9.59 Å². The van der Waals surface area contributed by atoms with Gasteiger partial charge in [0.25, 0.3) is 0 Å². The highest BCUT2D eigenvalue weighted by molar-refractivity contribution is 9.10. The van der Waals surface area contributed by atoms with E-state index in [9.17, 15) is 14.0 Å². The van der Waals surface area contributed by atoms with Crippen LogP contribution in [0.4, 0.5) is 10.1 Å². The summed E-state index contributed by atoms with van der Waals surface area (Å²) in [5.74, 6) is -1.63. The Bertz CT molecular complexity index is 1520. The number of fused-ring (bicyclic) bond motifs is 1. The molecule has 0 unspecified atom stereocenters. The lowest BCUT2D eigenvalue weighted by molar-refractivity contribution is -0.136. The predicted octanol–water partition coefficient (Wildman–Crippen LogP) is 6.46. The van der Waals surface area contributed by atoms with Gasteiger partial charge in [-0.1, -0.05) is 54.1 Å². The molecule has 10 heteroatoms. The van der Waals surface area contributed by atoms with Gasteiger partial charge in [0, 0.05) is 5.69 Å². The van der Waals surface area contributed by atoms with Crippen molar-refractivity contribution in [3.63, 3.8) is 0 Å². The third-order valence-corrected chi connectivity index (χ3v) is 6.23. The van der Waals surface area contributed by atoms with E-state index in [0.717, 1.165) is 22.4 Å². The smallest absolute Gasteiger partial charge is 0.329 e. The standard InChI is InChI=1S/C28H22BrClFN3O4/c1-2-37-25-13-17(15-32-34-28(36)27(35)33-20-10-11-24(31)23(30)14-20)12-22(29)26(25)38-16-19-8-5-7-18-6-3-4-9-21(18)19/h3-15H,2,16H2,1H3,(H,33,35)(H,34,36)/b32-15+. The van der Waals surface area contributed by atoms with Gasteiger partial charge < -0.3 is 14.8 Å². The minimum atomic E-state index is -1.01. The zero-order valence-electron chi connectivity index (χ0n) is 20.1. The largest absolute Gasteiger partial charge is 0.490 e. The number of rotatable bonds is 8. The maximum absolute atomic E-state index is 13.3. The zero-order valence-corrected chi connectivity index (χ0v) is 22.5. The van der Waals surface area contributed by atoms with E-state index in [-0.39, 0.29) is 10.7 Å². The maximum Gasteiger partial charge on any atom is 0.329 e. The van der Waals surface area contributed by atoms with Gasteiger partial charge in [0.1, 0.15) is 12.4 Å². The fraction of sp³-hybridized carbons (Fsp3) is 0.107. The van der Waals surface area contributed by atoms with Crippen molar-refractivity contribution < 1.29 is 23.5 Å². The Morgan fingerprint density at radius 1 is 1.03 bits per heavy atom. The highest BCUT2D eigenvalue weighted by atomic mass is 79.9. The highest BCUT2D eigenvalue weighted by Gasteiger charge is 2.15. The first-order valence-electron chi connectivity index (χ1n) is 11.5. The molecule has 0 saturated heterocycles. The van der Waals surface area contributed by atoms with Crippen LogP contribution in [0.3, 0.4) is 0 Å². The summed E-state index contributed by atoms with van der Waals surface area (Å²) in [5.41, 5.74) is 3.94. The Kier molecular flexibility index (Phi) is 8.93. The van der Waals surface area contributed by atoms with Gasteiger partial charge in [-0.25, -0.2) is 9.82 Å². The van der Waals surface area contributed by atoms with Crippen molar-refractivity contribution in [3.8, 4) is 11.5 Å². The van der Waals surface area contributed by atoms with Gasteiger partial charge in [0.05, 0.1) is 22.3 Å². The second-order valence-electron chi connectivity index (χ2n) is 7.97. The molecule has 7 nitrogen and oxygen atoms in total. The molecule has 0 aliphatic carbocycles. The molecule has 0 bridgehead atoms. The number of amides is 2. The van der Waals surface area contributed by atoms with Crippen LogP contribution in [0.2, 0.25) is 5.02 Å². The lowest BCUT2D eigenvalue weighted by atomic mass is 10.1. The average Bonchev–Trinajstić information content (AvgIpc) is 2.90. The number of hydrogen-bond acceptors (Lipinski definition) is 5. The molecule has 194 valence electrons. The molecule has 0 aliphatic rings. The van der Waals surface area contributed by atoms with Gasteiger partial charge >= 0.3 is 11.8 Å². The van der Waals surface area contributed by atoms with Crippen LogP contribution in [0.25, 0.3) is 10.8 Å². The van der Waals surface area contributed by atoms with E-state index in [1.54, 1.807) is 12.1 Å². The molecule has 0 atom stereocenters. The van der Waals surface area contributed by atoms with Gasteiger partial charge in [-0.05, 0) is 75.1 Å². The second kappa shape index (κ2) is 12.5. The molecule has 4 aromatic rings. The first-order chi connectivity index (χ1) is 18.4. The summed E-state index contributed by atoms with van der Waals surface area (Å²) in [5, 5.41) is 8.22. The summed E-state index contributed by atoms with van der Waals surface area (Å²) < 4.78 is 25.8. The molecule has 0 fully saturated rings. The molecule has 2 amide bonds. The topological polar surface area (TPSA) is 89.0 Å². The number of anilines is 1. The van der Waals surface area contributed by atoms with E-state index < -0.39 is 17.6 Å². The van der Waals surface area contributed by atoms with E-state index in [2.05, 4.69) is 50.0 Å². The van der Waals surface area contributed by atoms with Crippen molar-refractivity contribution in [1.82, 2.24) is 5.43 Å². The number of halogens is 3. The van der Waals surface area contributed by atoms with Crippen LogP contribution in [0.5, 0.6) is 11.5 Å². The number of nitrogens with one attached hydrogen (secondary N) is 2. The molecule has 0 heterocycles. The van der Waals surface area contributed by atoms with Crippen molar-refractivity contribution in [2.24, 2.45) is 5.10 Å². The number of hydrazone groups is 1. The highest BCUT2D eigenvalue weighted by Crippen LogP contribution is 2.37. The molecule has 0 radical (unpaired) electrons. The summed E-state index contributed by atoms with van der Waals surface area (Å²) >= 11 is 9.22. The minimum absolute atomic E-state index is 0.171. The number of benzene rings is 4. The second-order valence-corrected chi connectivity index (χ2v) is 9.23. The Morgan fingerprint density at radius 3 is 2.61 bits per heavy atom. The van der Waals surface area contributed by atoms with E-state index in [0.29, 0.717) is 34.7 Å². The van der Waals surface area contributed by atoms with Crippen LogP contribution in [0.1, 0.15) is 18.1 Å². The molecule has 0 spiro atoms. The lowest BCUT2D eigenvalue weighted by Crippen LogP contribution is -2.32. The molecule has 38 heavy (non-hydrogen) atoms. The Labute approximate surface area is 231 Å². The third-order valence-electron chi connectivity index (χ3n) is 5.35. The molecule has 2 N–H and O–H groups in total. The monoisotopic (exact) mass is 597 g/mol. The number of ether oxygens (including phenoxy) is 2. The van der Waals surface area contributed by atoms with Gasteiger partial charge in [-0.15, -0.1) is 0 Å². The van der Waals surface area contributed by atoms with Crippen molar-refractivity contribution >= 4 is 62.0 Å². The molecule has 0 aliphatic heterocycles. The van der Waals surface area contributed by atoms with Crippen molar-refractivity contribution in [2.45, 2.75) is 13.5 Å². The van der Waals surface area contributed by atoms with E-state index >= 15 is 0 Å². The first-order valence-corrected chi connectivity index (χ1v) is 12.7. The number of nitrogens with zero attached hydrogens (tertiary/aromatic N) is 1. The number of carbonyl (C=O) groups excluding carboxylic acids is 2. The fourth-order valence-electron chi connectivity index (χ4n) is 3.61. The summed E-state index contributed by atoms with van der Waals surface area (Å²) in [7, 11) is 0. The van der Waals surface area contributed by atoms with Crippen molar-refractivity contribution in [1.29, 1.82) is 0 Å². The fourth-order valence-corrected chi connectivity index (χ4v) is 4.37. The van der Waals surface area contributed by atoms with Crippen molar-refractivity contribution in [3.05, 3.63) is 99.2 Å². The van der Waals surface area contributed by atoms with Gasteiger partial charge in [0.2, 0.25) is 0 Å². The summed E-state index contributed by atoms with van der Waals surface area (Å²) in [6, 6.07) is 21.2. The zero-order chi connectivity index (χ0) is 27.1. The lowest BCUT2D eigenvalue weighted by Gasteiger charge is -2.15. The van der Waals surface area contributed by atoms with Crippen LogP contribution in [0, 0.1) is 5.82 Å². The number of carbonyl (C=O) groups is 2. The van der Waals surface area contributed by atoms with Crippen LogP contribution in [-0.2, 0) is 16.2 Å². The quantitative estimate of drug-likeness (QED) is 0.138. The van der Waals surface area contributed by atoms with E-state index in [1.807, 2.05) is 31.2 Å². The number of hydrogen-bond donors (Lipinski definition) is 2. The van der Waals surface area contributed by atoms with Gasteiger partial charge in [-0.2, -0.15) is 5.10 Å². The molecular weight excluding hydrogens is 577 g/mol. The summed E-state index contributed by atoms with van der Waals surface area (Å²) in [4.78, 5) is 24.2. The van der Waals surface area contributed by atoms with Crippen LogP contribution in [-0.4, -0.2) is 24.6 Å². The van der Waals surface area contributed by atoms with Crippen LogP contribution < -0.4 is 20.2 Å². The Balaban J connectivity index is 1.43. The van der Waals surface area contributed by atoms with Crippen LogP contribution >= 0.6 is 27.5 Å². The minimum Gasteiger partial charge on any atom is -0.490 e. The summed E-state index contributed by atoms with van der Waals surface area (Å²) in [6.07, 6.45) is 1.36. The third kappa shape index (κ3) is 6.67. The van der Waals surface area contributed by atoms with E-state index in [1.165, 1.54) is 18.3 Å². The Hall–Kier alpha value is -3.95. The predicted molar refractivity (Wildman–Crippen MR) is 149 cm³/mol. The molecule has 0 aromatic heterocycles. The van der Waals surface area contributed by atoms with Crippen LogP contribution in [0.15, 0.2) is 82.4 Å². The normalized spacial score (nSPS) is 10.9. The Morgan fingerprint density at radius 2 is 1.82 bits per heavy atom. The first kappa shape index (κ1) is 27.1. The van der Waals surface area contributed by atoms with Crippen molar-refractivity contribution in [2.75, 3.05) is 11.9 Å². The average molecular weight is 599 g/mol. The SMILES string of the molecule is CCOc1cc(/C=N/NC(=O)C(=O)Nc2ccc(F)c(Cl)c2)cc(Br)c1OCc1cccc2ccccc12. The summed E-state index contributed by atoms with van der Waals surface area (Å²) in [6.45, 7) is 2.59. The van der Waals surface area contributed by atoms with E-state index in [4.69, 9.17) is 21.1 Å². The molecular formula is C28H22BrClFN3O4. The van der Waals surface area contributed by atoms with Gasteiger partial charge in [0.15, 0.2) is 11.5 Å².